The fourth-order valence-electron chi connectivity index (χ4n) is 2.27. The Morgan fingerprint density at radius 2 is 2.36 bits per heavy atom. The van der Waals surface area contributed by atoms with Crippen LogP contribution in [-0.2, 0) is 9.57 Å². The molecule has 0 spiro atoms. The summed E-state index contributed by atoms with van der Waals surface area (Å²) in [6.45, 7) is 0.678. The Balaban J connectivity index is 1.78. The third-order valence-corrected chi connectivity index (χ3v) is 2.84. The topological polar surface area (TPSA) is 44.5 Å². The Morgan fingerprint density at radius 1 is 1.45 bits per heavy atom. The van der Waals surface area contributed by atoms with Crippen LogP contribution in [0.25, 0.3) is 0 Å². The van der Waals surface area contributed by atoms with Gasteiger partial charge in [-0.1, -0.05) is 0 Å². The summed E-state index contributed by atoms with van der Waals surface area (Å²) in [4.78, 5) is 4.56. The van der Waals surface area contributed by atoms with Gasteiger partial charge in [0.1, 0.15) is 0 Å². The maximum absolute atomic E-state index is 5.69. The first-order valence-electron chi connectivity index (χ1n) is 4.37. The fourth-order valence-corrected chi connectivity index (χ4v) is 2.27. The van der Waals surface area contributed by atoms with Gasteiger partial charge >= 0.3 is 0 Å². The predicted molar refractivity (Wildman–Crippen MR) is 40.8 cm³/mol. The Labute approximate surface area is 66.8 Å². The van der Waals surface area contributed by atoms with Crippen molar-refractivity contribution < 1.29 is 9.57 Å². The van der Waals surface area contributed by atoms with Gasteiger partial charge < -0.3 is 9.57 Å². The third-order valence-electron chi connectivity index (χ3n) is 2.84. The van der Waals surface area contributed by atoms with Crippen molar-refractivity contribution in [3.05, 3.63) is 0 Å². The first kappa shape index (κ1) is 7.53. The van der Waals surface area contributed by atoms with Crippen molar-refractivity contribution in [3.8, 4) is 0 Å². The van der Waals surface area contributed by atoms with E-state index in [9.17, 15) is 0 Å². The molecule has 3 nitrogen and oxygen atoms in total. The molecule has 0 aromatic rings. The number of ether oxygens (including phenoxy) is 1. The standard InChI is InChI=1S/C8H15NO2/c9-10-4-3-6-5-7-1-2-8(6)11-7/h6-8H,1-5,9H2. The number of hydrogen-bond acceptors (Lipinski definition) is 3. The molecule has 2 aliphatic rings. The first-order chi connectivity index (χ1) is 5.40. The summed E-state index contributed by atoms with van der Waals surface area (Å²) in [5, 5.41) is 0. The highest BCUT2D eigenvalue weighted by Gasteiger charge is 2.39. The highest BCUT2D eigenvalue weighted by Crippen LogP contribution is 2.40. The van der Waals surface area contributed by atoms with Crippen LogP contribution in [0.1, 0.15) is 25.7 Å². The predicted octanol–water partition coefficient (Wildman–Crippen LogP) is 0.834. The lowest BCUT2D eigenvalue weighted by atomic mass is 9.87. The van der Waals surface area contributed by atoms with Gasteiger partial charge in [-0.25, -0.2) is 5.90 Å². The monoisotopic (exact) mass is 157 g/mol. The zero-order chi connectivity index (χ0) is 7.68. The van der Waals surface area contributed by atoms with Crippen molar-refractivity contribution in [3.63, 3.8) is 0 Å². The summed E-state index contributed by atoms with van der Waals surface area (Å²) >= 11 is 0. The van der Waals surface area contributed by atoms with E-state index in [0.29, 0.717) is 18.8 Å². The van der Waals surface area contributed by atoms with Crippen LogP contribution in [0.5, 0.6) is 0 Å². The van der Waals surface area contributed by atoms with E-state index >= 15 is 0 Å². The van der Waals surface area contributed by atoms with E-state index in [-0.39, 0.29) is 0 Å². The maximum Gasteiger partial charge on any atom is 0.0682 e. The Bertz CT molecular complexity index is 140. The largest absolute Gasteiger partial charge is 0.375 e. The minimum Gasteiger partial charge on any atom is -0.375 e. The molecule has 3 atom stereocenters. The molecule has 2 aliphatic heterocycles. The second kappa shape index (κ2) is 3.09. The van der Waals surface area contributed by atoms with Crippen molar-refractivity contribution in [2.75, 3.05) is 6.61 Å². The Morgan fingerprint density at radius 3 is 2.91 bits per heavy atom. The average Bonchev–Trinajstić information content (AvgIpc) is 2.60. The van der Waals surface area contributed by atoms with Gasteiger partial charge in [0.05, 0.1) is 18.8 Å². The summed E-state index contributed by atoms with van der Waals surface area (Å²) in [6.07, 6.45) is 5.90. The van der Waals surface area contributed by atoms with Gasteiger partial charge in [-0.3, -0.25) is 0 Å². The summed E-state index contributed by atoms with van der Waals surface area (Å²) in [6, 6.07) is 0. The maximum atomic E-state index is 5.69. The smallest absolute Gasteiger partial charge is 0.0682 e. The van der Waals surface area contributed by atoms with Gasteiger partial charge in [0.25, 0.3) is 0 Å². The molecule has 2 fully saturated rings. The molecule has 64 valence electrons. The molecule has 0 aromatic heterocycles. The molecular formula is C8H15NO2. The SMILES string of the molecule is NOCCC1CC2CCC1O2. The Hall–Kier alpha value is -0.120. The van der Waals surface area contributed by atoms with E-state index in [1.54, 1.807) is 0 Å². The summed E-state index contributed by atoms with van der Waals surface area (Å²) in [5.41, 5.74) is 0. The van der Waals surface area contributed by atoms with Crippen LogP contribution >= 0.6 is 0 Å². The molecule has 2 heterocycles. The van der Waals surface area contributed by atoms with E-state index in [1.807, 2.05) is 0 Å². The lowest BCUT2D eigenvalue weighted by molar-refractivity contribution is 0.0766. The average molecular weight is 157 g/mol. The zero-order valence-corrected chi connectivity index (χ0v) is 6.66. The molecule has 3 heteroatoms. The molecule has 0 aliphatic carbocycles. The van der Waals surface area contributed by atoms with Gasteiger partial charge in [-0.05, 0) is 31.6 Å². The van der Waals surface area contributed by atoms with Gasteiger partial charge in [0.2, 0.25) is 0 Å². The van der Waals surface area contributed by atoms with Gasteiger partial charge in [-0.2, -0.15) is 0 Å². The van der Waals surface area contributed by atoms with Crippen molar-refractivity contribution in [1.82, 2.24) is 0 Å². The molecule has 3 unspecified atom stereocenters. The highest BCUT2D eigenvalue weighted by molar-refractivity contribution is 4.88. The third kappa shape index (κ3) is 1.41. The van der Waals surface area contributed by atoms with E-state index in [4.69, 9.17) is 10.6 Å². The van der Waals surface area contributed by atoms with Gasteiger partial charge in [-0.15, -0.1) is 0 Å². The van der Waals surface area contributed by atoms with E-state index in [1.165, 1.54) is 19.3 Å². The highest BCUT2D eigenvalue weighted by atomic mass is 16.6. The summed E-state index contributed by atoms with van der Waals surface area (Å²) in [5.74, 6) is 5.68. The van der Waals surface area contributed by atoms with E-state index in [2.05, 4.69) is 4.84 Å². The Kier molecular flexibility index (Phi) is 2.11. The summed E-state index contributed by atoms with van der Waals surface area (Å²) in [7, 11) is 0. The van der Waals surface area contributed by atoms with Crippen molar-refractivity contribution >= 4 is 0 Å². The number of nitrogens with two attached hydrogens (primary N) is 1. The zero-order valence-electron chi connectivity index (χ0n) is 6.66. The fraction of sp³-hybridized carbons (Fsp3) is 1.00. The number of hydrogen-bond donors (Lipinski definition) is 1. The molecule has 0 amide bonds. The summed E-state index contributed by atoms with van der Waals surface area (Å²) < 4.78 is 5.69. The second-order valence-corrected chi connectivity index (χ2v) is 3.53. The first-order valence-corrected chi connectivity index (χ1v) is 4.37. The van der Waals surface area contributed by atoms with Crippen LogP contribution in [0.4, 0.5) is 0 Å². The van der Waals surface area contributed by atoms with Crippen LogP contribution in [-0.4, -0.2) is 18.8 Å². The van der Waals surface area contributed by atoms with Crippen LogP contribution in [0.15, 0.2) is 0 Å². The molecule has 11 heavy (non-hydrogen) atoms. The van der Waals surface area contributed by atoms with Crippen LogP contribution in [0.2, 0.25) is 0 Å². The molecule has 2 N–H and O–H groups in total. The molecule has 2 bridgehead atoms. The van der Waals surface area contributed by atoms with Gasteiger partial charge in [0.15, 0.2) is 0 Å². The number of fused-ring (bicyclic) bond motifs is 2. The van der Waals surface area contributed by atoms with Crippen molar-refractivity contribution in [2.45, 2.75) is 37.9 Å². The molecular weight excluding hydrogens is 142 g/mol. The minimum absolute atomic E-state index is 0.523. The molecule has 2 saturated heterocycles. The molecule has 2 rings (SSSR count). The van der Waals surface area contributed by atoms with Crippen LogP contribution < -0.4 is 5.90 Å². The van der Waals surface area contributed by atoms with E-state index in [0.717, 1.165) is 12.3 Å². The van der Waals surface area contributed by atoms with Crippen molar-refractivity contribution in [1.29, 1.82) is 0 Å². The van der Waals surface area contributed by atoms with Crippen LogP contribution in [0.3, 0.4) is 0 Å². The molecule has 0 aromatic carbocycles. The van der Waals surface area contributed by atoms with Gasteiger partial charge in [0, 0.05) is 0 Å². The quantitative estimate of drug-likeness (QED) is 0.617. The normalized spacial score (nSPS) is 41.7. The molecule has 0 radical (unpaired) electrons. The lowest BCUT2D eigenvalue weighted by Crippen LogP contribution is -2.18. The van der Waals surface area contributed by atoms with E-state index < -0.39 is 0 Å². The lowest BCUT2D eigenvalue weighted by Gasteiger charge is -2.17. The minimum atomic E-state index is 0.523. The van der Waals surface area contributed by atoms with Crippen molar-refractivity contribution in [2.24, 2.45) is 11.8 Å². The van der Waals surface area contributed by atoms with Crippen LogP contribution in [0, 0.1) is 5.92 Å². The second-order valence-electron chi connectivity index (χ2n) is 3.53. The molecule has 0 saturated carbocycles. The number of rotatable bonds is 3.